The second-order valence-corrected chi connectivity index (χ2v) is 9.64. The molecule has 1 amide bonds. The number of nitrogens with zero attached hydrogens (tertiary/aromatic N) is 1. The van der Waals surface area contributed by atoms with Crippen LogP contribution >= 0.6 is 23.2 Å². The van der Waals surface area contributed by atoms with Crippen molar-refractivity contribution in [2.75, 3.05) is 11.5 Å². The molecule has 1 unspecified atom stereocenters. The number of amides is 1. The summed E-state index contributed by atoms with van der Waals surface area (Å²) in [4.78, 5) is 14.5. The molecule has 7 heteroatoms. The number of hydrogen-bond donors (Lipinski definition) is 0. The SMILES string of the molecule is O=C(C=Cc1ccc(Cl)cc1)N(Cc1cccc(Cl)c1)C1CCS(=O)(=O)C1. The lowest BCUT2D eigenvalue weighted by Crippen LogP contribution is -2.39. The highest BCUT2D eigenvalue weighted by Gasteiger charge is 2.34. The van der Waals surface area contributed by atoms with E-state index in [0.29, 0.717) is 23.0 Å². The number of halogens is 2. The molecule has 0 aromatic heterocycles. The van der Waals surface area contributed by atoms with Crippen molar-refractivity contribution in [2.45, 2.75) is 19.0 Å². The summed E-state index contributed by atoms with van der Waals surface area (Å²) in [6.45, 7) is 0.310. The van der Waals surface area contributed by atoms with Gasteiger partial charge in [-0.2, -0.15) is 0 Å². The summed E-state index contributed by atoms with van der Waals surface area (Å²) in [5.41, 5.74) is 1.70. The molecular weight excluding hydrogens is 405 g/mol. The first-order valence-corrected chi connectivity index (χ1v) is 11.1. The topological polar surface area (TPSA) is 54.5 Å². The van der Waals surface area contributed by atoms with Crippen molar-refractivity contribution in [3.63, 3.8) is 0 Å². The van der Waals surface area contributed by atoms with Crippen LogP contribution in [0.5, 0.6) is 0 Å². The van der Waals surface area contributed by atoms with Gasteiger partial charge in [0, 0.05) is 28.7 Å². The summed E-state index contributed by atoms with van der Waals surface area (Å²) in [6.07, 6.45) is 3.62. The summed E-state index contributed by atoms with van der Waals surface area (Å²) in [7, 11) is -3.11. The lowest BCUT2D eigenvalue weighted by molar-refractivity contribution is -0.128. The van der Waals surface area contributed by atoms with E-state index in [1.165, 1.54) is 6.08 Å². The van der Waals surface area contributed by atoms with Crippen LogP contribution in [0.1, 0.15) is 17.5 Å². The molecule has 0 spiro atoms. The molecule has 1 aliphatic rings. The van der Waals surface area contributed by atoms with Crippen LogP contribution in [0.3, 0.4) is 0 Å². The van der Waals surface area contributed by atoms with Gasteiger partial charge in [-0.1, -0.05) is 47.5 Å². The summed E-state index contributed by atoms with van der Waals surface area (Å²) in [5, 5.41) is 1.20. The van der Waals surface area contributed by atoms with Crippen LogP contribution < -0.4 is 0 Å². The van der Waals surface area contributed by atoms with E-state index in [2.05, 4.69) is 0 Å². The molecular formula is C20H19Cl2NO3S. The molecule has 1 atom stereocenters. The van der Waals surface area contributed by atoms with E-state index in [9.17, 15) is 13.2 Å². The molecule has 1 aliphatic heterocycles. The molecule has 1 saturated heterocycles. The molecule has 1 heterocycles. The second kappa shape index (κ2) is 8.46. The molecule has 2 aromatic carbocycles. The summed E-state index contributed by atoms with van der Waals surface area (Å²) in [6, 6.07) is 14.0. The molecule has 0 bridgehead atoms. The van der Waals surface area contributed by atoms with Crippen molar-refractivity contribution in [3.05, 3.63) is 75.8 Å². The molecule has 1 fully saturated rings. The fourth-order valence-corrected chi connectivity index (χ4v) is 5.15. The Hall–Kier alpha value is -1.82. The molecule has 2 aromatic rings. The van der Waals surface area contributed by atoms with Crippen LogP contribution in [0.4, 0.5) is 0 Å². The summed E-state index contributed by atoms with van der Waals surface area (Å²) < 4.78 is 23.8. The maximum absolute atomic E-state index is 12.9. The first-order valence-electron chi connectivity index (χ1n) is 8.51. The van der Waals surface area contributed by atoms with Gasteiger partial charge in [0.05, 0.1) is 11.5 Å². The van der Waals surface area contributed by atoms with E-state index in [4.69, 9.17) is 23.2 Å². The number of hydrogen-bond acceptors (Lipinski definition) is 3. The Kier molecular flexibility index (Phi) is 6.25. The van der Waals surface area contributed by atoms with Gasteiger partial charge < -0.3 is 4.90 Å². The number of sulfone groups is 1. The van der Waals surface area contributed by atoms with E-state index in [0.717, 1.165) is 11.1 Å². The Morgan fingerprint density at radius 2 is 1.85 bits per heavy atom. The Bertz CT molecular complexity index is 955. The Balaban J connectivity index is 1.81. The van der Waals surface area contributed by atoms with Crippen molar-refractivity contribution in [1.82, 2.24) is 4.90 Å². The average Bonchev–Trinajstić information content (AvgIpc) is 2.98. The summed E-state index contributed by atoms with van der Waals surface area (Å²) >= 11 is 11.9. The Labute approximate surface area is 169 Å². The third kappa shape index (κ3) is 5.58. The van der Waals surface area contributed by atoms with Crippen LogP contribution in [0, 0.1) is 0 Å². The number of rotatable bonds is 5. The van der Waals surface area contributed by atoms with Crippen LogP contribution in [0.15, 0.2) is 54.6 Å². The van der Waals surface area contributed by atoms with E-state index in [-0.39, 0.29) is 23.5 Å². The smallest absolute Gasteiger partial charge is 0.247 e. The molecule has 0 aliphatic carbocycles. The van der Waals surface area contributed by atoms with Crippen LogP contribution in [-0.2, 0) is 21.2 Å². The van der Waals surface area contributed by atoms with Crippen molar-refractivity contribution in [3.8, 4) is 0 Å². The number of carbonyl (C=O) groups is 1. The zero-order chi connectivity index (χ0) is 19.4. The fourth-order valence-electron chi connectivity index (χ4n) is 3.08. The molecule has 4 nitrogen and oxygen atoms in total. The molecule has 0 radical (unpaired) electrons. The number of benzene rings is 2. The van der Waals surface area contributed by atoms with Gasteiger partial charge in [0.25, 0.3) is 0 Å². The second-order valence-electron chi connectivity index (χ2n) is 6.54. The van der Waals surface area contributed by atoms with Gasteiger partial charge in [-0.3, -0.25) is 4.79 Å². The minimum absolute atomic E-state index is 0.00586. The highest BCUT2D eigenvalue weighted by Crippen LogP contribution is 2.22. The Morgan fingerprint density at radius 3 is 2.48 bits per heavy atom. The maximum Gasteiger partial charge on any atom is 0.247 e. The van der Waals surface area contributed by atoms with Gasteiger partial charge in [-0.05, 0) is 47.9 Å². The monoisotopic (exact) mass is 423 g/mol. The maximum atomic E-state index is 12.9. The van der Waals surface area contributed by atoms with Gasteiger partial charge in [-0.15, -0.1) is 0 Å². The van der Waals surface area contributed by atoms with Crippen molar-refractivity contribution >= 4 is 45.0 Å². The molecule has 142 valence electrons. The van der Waals surface area contributed by atoms with E-state index >= 15 is 0 Å². The fraction of sp³-hybridized carbons (Fsp3) is 0.250. The zero-order valence-electron chi connectivity index (χ0n) is 14.5. The normalized spacial score (nSPS) is 18.7. The van der Waals surface area contributed by atoms with Crippen LogP contribution in [0.25, 0.3) is 6.08 Å². The van der Waals surface area contributed by atoms with E-state index in [1.54, 1.807) is 35.2 Å². The van der Waals surface area contributed by atoms with Gasteiger partial charge in [0.1, 0.15) is 0 Å². The van der Waals surface area contributed by atoms with Crippen molar-refractivity contribution in [2.24, 2.45) is 0 Å². The third-order valence-electron chi connectivity index (χ3n) is 4.46. The van der Waals surface area contributed by atoms with Gasteiger partial charge in [0.15, 0.2) is 9.84 Å². The van der Waals surface area contributed by atoms with Gasteiger partial charge in [0.2, 0.25) is 5.91 Å². The first kappa shape index (κ1) is 19.9. The molecule has 0 saturated carbocycles. The predicted octanol–water partition coefficient (Wildman–Crippen LogP) is 4.22. The zero-order valence-corrected chi connectivity index (χ0v) is 16.8. The quantitative estimate of drug-likeness (QED) is 0.676. The van der Waals surface area contributed by atoms with Gasteiger partial charge >= 0.3 is 0 Å². The minimum atomic E-state index is -3.11. The number of carbonyl (C=O) groups excluding carboxylic acids is 1. The van der Waals surface area contributed by atoms with Crippen molar-refractivity contribution in [1.29, 1.82) is 0 Å². The third-order valence-corrected chi connectivity index (χ3v) is 6.70. The van der Waals surface area contributed by atoms with Gasteiger partial charge in [-0.25, -0.2) is 8.42 Å². The van der Waals surface area contributed by atoms with Crippen LogP contribution in [-0.4, -0.2) is 36.8 Å². The average molecular weight is 424 g/mol. The minimum Gasteiger partial charge on any atom is -0.331 e. The van der Waals surface area contributed by atoms with E-state index in [1.807, 2.05) is 24.3 Å². The molecule has 0 N–H and O–H groups in total. The first-order chi connectivity index (χ1) is 12.8. The van der Waals surface area contributed by atoms with E-state index < -0.39 is 9.84 Å². The van der Waals surface area contributed by atoms with Crippen molar-refractivity contribution < 1.29 is 13.2 Å². The standard InChI is InChI=1S/C20H19Cl2NO3S/c21-17-7-4-15(5-8-17)6-9-20(24)23(19-10-11-27(25,26)14-19)13-16-2-1-3-18(22)12-16/h1-9,12,19H,10-11,13-14H2. The highest BCUT2D eigenvalue weighted by molar-refractivity contribution is 7.91. The highest BCUT2D eigenvalue weighted by atomic mass is 35.5. The van der Waals surface area contributed by atoms with Crippen LogP contribution in [0.2, 0.25) is 10.0 Å². The predicted molar refractivity (Wildman–Crippen MR) is 110 cm³/mol. The molecule has 3 rings (SSSR count). The Morgan fingerprint density at radius 1 is 1.11 bits per heavy atom. The largest absolute Gasteiger partial charge is 0.331 e. The lowest BCUT2D eigenvalue weighted by Gasteiger charge is -2.27. The summed E-state index contributed by atoms with van der Waals surface area (Å²) in [5.74, 6) is -0.126. The molecule has 27 heavy (non-hydrogen) atoms. The lowest BCUT2D eigenvalue weighted by atomic mass is 10.1.